The van der Waals surface area contributed by atoms with Gasteiger partial charge in [0.1, 0.15) is 5.84 Å². The lowest BCUT2D eigenvalue weighted by molar-refractivity contribution is 0.868. The van der Waals surface area contributed by atoms with Crippen molar-refractivity contribution in [2.75, 3.05) is 0 Å². The summed E-state index contributed by atoms with van der Waals surface area (Å²) in [5, 5.41) is 3.18. The van der Waals surface area contributed by atoms with E-state index in [0.717, 1.165) is 33.2 Å². The third kappa shape index (κ3) is 3.81. The number of hydrogen-bond acceptors (Lipinski definition) is 3. The van der Waals surface area contributed by atoms with Gasteiger partial charge in [-0.1, -0.05) is 35.9 Å². The summed E-state index contributed by atoms with van der Waals surface area (Å²) in [6, 6.07) is 17.6. The molecule has 1 aromatic heterocycles. The molecule has 0 spiro atoms. The molecule has 0 saturated carbocycles. The summed E-state index contributed by atoms with van der Waals surface area (Å²) in [5.41, 5.74) is 7.67. The lowest BCUT2D eigenvalue weighted by Gasteiger charge is -2.05. The van der Waals surface area contributed by atoms with E-state index in [1.165, 1.54) is 4.68 Å². The molecule has 0 fully saturated rings. The highest BCUT2D eigenvalue weighted by molar-refractivity contribution is 7.98. The van der Waals surface area contributed by atoms with Crippen LogP contribution in [0.2, 0.25) is 0 Å². The zero-order valence-electron chi connectivity index (χ0n) is 14.5. The Kier molecular flexibility index (Phi) is 4.81. The Morgan fingerprint density at radius 1 is 1.22 bits per heavy atom. The maximum atomic E-state index is 12.3. The van der Waals surface area contributed by atoms with Crippen molar-refractivity contribution in [3.8, 4) is 6.57 Å². The molecule has 0 atom stereocenters. The molecule has 3 aromatic rings. The Bertz CT molecular complexity index is 1090. The van der Waals surface area contributed by atoms with Gasteiger partial charge in [-0.25, -0.2) is 9.67 Å². The first kappa shape index (κ1) is 17.2. The second kappa shape index (κ2) is 7.56. The van der Waals surface area contributed by atoms with E-state index in [9.17, 15) is 4.79 Å². The topological polar surface area (TPSA) is 68.6 Å². The number of fused-ring (bicyclic) bond motifs is 1. The number of aromatic amines is 1. The summed E-state index contributed by atoms with van der Waals surface area (Å²) in [6.45, 7) is 5.49. The number of thioether (sulfide) groups is 1. The number of nitrogens with one attached hydrogen (secondary N) is 1. The van der Waals surface area contributed by atoms with Crippen LogP contribution in [0.15, 0.2) is 69.3 Å². The molecular weight excluding hydrogens is 358 g/mol. The molecule has 7 heteroatoms. The summed E-state index contributed by atoms with van der Waals surface area (Å²) in [5.74, 6) is 1.40. The maximum Gasteiger partial charge on any atom is 0.272 e. The van der Waals surface area contributed by atoms with Crippen molar-refractivity contribution in [2.24, 2.45) is 4.99 Å². The van der Waals surface area contributed by atoms with Crippen molar-refractivity contribution >= 4 is 23.3 Å². The van der Waals surface area contributed by atoms with E-state index in [4.69, 9.17) is 6.57 Å². The molecule has 1 aliphatic heterocycles. The standard InChI is InChI=1S/C20H17N5OS/c1-21-22-12-14-6-8-17(9-7-14)27-13-16-11-20(26)25(24-16)19-10-15-4-2-3-5-18(15)23-19/h1-9,11,24H,10,12-13H2. The summed E-state index contributed by atoms with van der Waals surface area (Å²) >= 11 is 1.66. The lowest BCUT2D eigenvalue weighted by atomic mass is 10.1. The first-order valence-corrected chi connectivity index (χ1v) is 9.47. The number of hydrogen-bond donors (Lipinski definition) is 1. The minimum absolute atomic E-state index is 0.0837. The number of rotatable bonds is 5. The van der Waals surface area contributed by atoms with E-state index in [-0.39, 0.29) is 5.56 Å². The van der Waals surface area contributed by atoms with Crippen LogP contribution in [0.25, 0.3) is 10.4 Å². The summed E-state index contributed by atoms with van der Waals surface area (Å²) in [7, 11) is 0. The van der Waals surface area contributed by atoms with Gasteiger partial charge in [0.15, 0.2) is 0 Å². The smallest absolute Gasteiger partial charge is 0.272 e. The van der Waals surface area contributed by atoms with Crippen LogP contribution in [0, 0.1) is 6.57 Å². The van der Waals surface area contributed by atoms with Crippen LogP contribution in [0.4, 0.5) is 5.69 Å². The molecule has 0 saturated heterocycles. The van der Waals surface area contributed by atoms with E-state index in [2.05, 4.69) is 20.5 Å². The Hall–Kier alpha value is -3.24. The highest BCUT2D eigenvalue weighted by atomic mass is 32.2. The maximum absolute atomic E-state index is 12.3. The van der Waals surface area contributed by atoms with Crippen molar-refractivity contribution in [2.45, 2.75) is 23.6 Å². The van der Waals surface area contributed by atoms with Crippen molar-refractivity contribution in [1.29, 1.82) is 0 Å². The Morgan fingerprint density at radius 2 is 2.04 bits per heavy atom. The predicted octanol–water partition coefficient (Wildman–Crippen LogP) is 4.35. The van der Waals surface area contributed by atoms with Gasteiger partial charge in [-0.2, -0.15) is 0 Å². The van der Waals surface area contributed by atoms with Gasteiger partial charge in [0, 0.05) is 28.8 Å². The molecule has 6 nitrogen and oxygen atoms in total. The lowest BCUT2D eigenvalue weighted by Crippen LogP contribution is -2.24. The van der Waals surface area contributed by atoms with Crippen molar-refractivity contribution < 1.29 is 0 Å². The Balaban J connectivity index is 1.42. The van der Waals surface area contributed by atoms with Crippen LogP contribution in [0.3, 0.4) is 0 Å². The van der Waals surface area contributed by atoms with Gasteiger partial charge in [-0.3, -0.25) is 9.89 Å². The fraction of sp³-hybridized carbons (Fsp3) is 0.150. The Labute approximate surface area is 160 Å². The Morgan fingerprint density at radius 3 is 2.81 bits per heavy atom. The molecule has 0 aliphatic carbocycles. The molecular formula is C20H17N5OS. The van der Waals surface area contributed by atoms with E-state index in [1.807, 2.05) is 48.5 Å². The first-order chi connectivity index (χ1) is 13.2. The summed E-state index contributed by atoms with van der Waals surface area (Å²) in [6.07, 6.45) is 0.658. The predicted molar refractivity (Wildman–Crippen MR) is 109 cm³/mol. The van der Waals surface area contributed by atoms with Crippen LogP contribution in [-0.4, -0.2) is 15.6 Å². The molecule has 2 heterocycles. The third-order valence-electron chi connectivity index (χ3n) is 4.27. The zero-order chi connectivity index (χ0) is 18.6. The second-order valence-corrected chi connectivity index (χ2v) is 7.18. The fourth-order valence-corrected chi connectivity index (χ4v) is 3.73. The molecule has 1 aliphatic rings. The van der Waals surface area contributed by atoms with Gasteiger partial charge in [-0.15, -0.1) is 16.7 Å². The average molecular weight is 375 g/mol. The minimum Gasteiger partial charge on any atom is -0.304 e. The summed E-state index contributed by atoms with van der Waals surface area (Å²) < 4.78 is 1.54. The number of aliphatic imine (C=N–C) groups is 1. The normalized spacial score (nSPS) is 12.3. The fourth-order valence-electron chi connectivity index (χ4n) is 2.93. The van der Waals surface area contributed by atoms with Crippen LogP contribution >= 0.6 is 11.8 Å². The molecule has 0 radical (unpaired) electrons. The molecule has 2 aromatic carbocycles. The molecule has 0 bridgehead atoms. The second-order valence-electron chi connectivity index (χ2n) is 6.14. The van der Waals surface area contributed by atoms with Gasteiger partial charge in [0.25, 0.3) is 12.1 Å². The van der Waals surface area contributed by atoms with E-state index < -0.39 is 0 Å². The van der Waals surface area contributed by atoms with Crippen LogP contribution < -0.4 is 5.56 Å². The number of para-hydroxylation sites is 1. The molecule has 4 rings (SSSR count). The van der Waals surface area contributed by atoms with E-state index in [1.54, 1.807) is 17.8 Å². The third-order valence-corrected chi connectivity index (χ3v) is 5.33. The van der Waals surface area contributed by atoms with Gasteiger partial charge in [0.2, 0.25) is 0 Å². The van der Waals surface area contributed by atoms with E-state index >= 15 is 0 Å². The van der Waals surface area contributed by atoms with Gasteiger partial charge in [0.05, 0.1) is 5.69 Å². The van der Waals surface area contributed by atoms with E-state index in [0.29, 0.717) is 18.7 Å². The summed E-state index contributed by atoms with van der Waals surface area (Å²) in [4.78, 5) is 21.3. The number of aromatic nitrogens is 2. The molecule has 134 valence electrons. The average Bonchev–Trinajstić information content (AvgIpc) is 3.28. The highest BCUT2D eigenvalue weighted by Crippen LogP contribution is 2.26. The van der Waals surface area contributed by atoms with Crippen molar-refractivity contribution in [1.82, 2.24) is 9.78 Å². The van der Waals surface area contributed by atoms with Crippen LogP contribution in [0.5, 0.6) is 0 Å². The molecule has 1 N–H and O–H groups in total. The number of H-pyrrole nitrogens is 1. The zero-order valence-corrected chi connectivity index (χ0v) is 15.3. The van der Waals surface area contributed by atoms with Crippen LogP contribution in [-0.2, 0) is 18.7 Å². The monoisotopic (exact) mass is 375 g/mol. The van der Waals surface area contributed by atoms with Crippen LogP contribution in [0.1, 0.15) is 16.8 Å². The molecule has 27 heavy (non-hydrogen) atoms. The van der Waals surface area contributed by atoms with Gasteiger partial charge < -0.3 is 5.43 Å². The highest BCUT2D eigenvalue weighted by Gasteiger charge is 2.17. The quantitative estimate of drug-likeness (QED) is 0.532. The first-order valence-electron chi connectivity index (χ1n) is 8.48. The van der Waals surface area contributed by atoms with Crippen molar-refractivity contribution in [3.63, 3.8) is 0 Å². The minimum atomic E-state index is -0.0837. The number of nitrogens with zero attached hydrogens (tertiary/aromatic N) is 4. The van der Waals surface area contributed by atoms with Gasteiger partial charge in [-0.05, 0) is 30.3 Å². The van der Waals surface area contributed by atoms with Gasteiger partial charge >= 0.3 is 0 Å². The number of benzene rings is 2. The molecule has 0 amide bonds. The SMILES string of the molecule is C#[N+][N-]Cc1ccc(SCc2cc(=O)n(C3=Nc4ccccc4C3)[nH]2)cc1. The largest absolute Gasteiger partial charge is 0.304 e. The molecule has 0 unspecified atom stereocenters. The van der Waals surface area contributed by atoms with Crippen molar-refractivity contribution in [3.05, 3.63) is 92.2 Å².